The Labute approximate surface area is 797 Å². The minimum atomic E-state index is 1.08. The topological polar surface area (TPSA) is 37.4 Å². The van der Waals surface area contributed by atoms with Crippen molar-refractivity contribution in [1.29, 1.82) is 0 Å². The van der Waals surface area contributed by atoms with E-state index in [2.05, 4.69) is 485 Å². The second-order valence-corrected chi connectivity index (χ2v) is 38.6. The molecule has 0 aliphatic carbocycles. The average Bonchev–Trinajstić information content (AvgIpc) is 1.48. The van der Waals surface area contributed by atoms with E-state index < -0.39 is 0 Å². The molecule has 34 rings (SSSR count). The van der Waals surface area contributed by atoms with E-state index in [0.29, 0.717) is 0 Å². The first kappa shape index (κ1) is 73.7. The van der Waals surface area contributed by atoms with Crippen molar-refractivity contribution in [3.8, 4) is 78.4 Å². The second kappa shape index (κ2) is 26.7. The van der Waals surface area contributed by atoms with Crippen LogP contribution < -0.4 is 0 Å². The van der Waals surface area contributed by atoms with Gasteiger partial charge in [-0.3, -0.25) is 0 Å². The Bertz CT molecular complexity index is 11500. The van der Waals surface area contributed by atoms with Gasteiger partial charge in [0.2, 0.25) is 0 Å². The Balaban J connectivity index is 0.714. The lowest BCUT2D eigenvalue weighted by atomic mass is 9.88. The smallest absolute Gasteiger partial charge is 0.0642 e. The number of nitrogens with zero attached hydrogens (tertiary/aromatic N) is 8. The fourth-order valence-electron chi connectivity index (χ4n) is 27.0. The maximum absolute atomic E-state index is 2.75. The maximum atomic E-state index is 2.75. The van der Waals surface area contributed by atoms with Gasteiger partial charge < -0.3 is 35.9 Å². The maximum Gasteiger partial charge on any atom is 0.0642 e. The minimum absolute atomic E-state index is 1.08. The number of benzene rings is 22. The molecule has 0 unspecified atom stereocenters. The van der Waals surface area contributed by atoms with Crippen LogP contribution in [0, 0.1) is 0 Å². The summed E-state index contributed by atoms with van der Waals surface area (Å²) in [6, 6.07) is 170. The molecule has 0 aliphatic rings. The Kier molecular flexibility index (Phi) is 14.0. The fraction of sp³-hybridized carbons (Fsp3) is 0. The summed E-state index contributed by atoms with van der Waals surface area (Å²) >= 11 is 0. The molecular weight excluding hydrogens is 1700 g/mol. The zero-order valence-electron chi connectivity index (χ0n) is 75.3. The number of hydrogen-bond donors (Lipinski definition) is 0. The van der Waals surface area contributed by atoms with Crippen LogP contribution in [0.4, 0.5) is 0 Å². The summed E-state index contributed by atoms with van der Waals surface area (Å²) in [5.74, 6) is 0. The van der Waals surface area contributed by atoms with Gasteiger partial charge in [0.1, 0.15) is 0 Å². The molecule has 8 heteroatoms. The molecule has 0 atom stereocenters. The van der Waals surface area contributed by atoms with Gasteiger partial charge in [-0.2, -0.15) is 0 Å². The van der Waals surface area contributed by atoms with Crippen molar-refractivity contribution in [3.05, 3.63) is 449 Å². The van der Waals surface area contributed by atoms with Gasteiger partial charge in [0.15, 0.2) is 0 Å². The molecule has 0 fully saturated rings. The van der Waals surface area contributed by atoms with E-state index in [0.717, 1.165) is 72.6 Å². The summed E-state index contributed by atoms with van der Waals surface area (Å²) in [4.78, 5) is 0. The van der Waals surface area contributed by atoms with Crippen molar-refractivity contribution in [2.45, 2.75) is 0 Å². The van der Waals surface area contributed by atoms with Crippen molar-refractivity contribution in [2.75, 3.05) is 0 Å². The van der Waals surface area contributed by atoms with Crippen LogP contribution in [0.15, 0.2) is 449 Å². The molecule has 0 saturated heterocycles. The van der Waals surface area contributed by atoms with Crippen LogP contribution in [-0.4, -0.2) is 35.9 Å². The highest BCUT2D eigenvalue weighted by Crippen LogP contribution is 2.62. The van der Waals surface area contributed by atoms with Gasteiger partial charge in [-0.15, -0.1) is 0 Å². The van der Waals surface area contributed by atoms with E-state index in [-0.39, 0.29) is 0 Å². The molecule has 0 bridgehead atoms. The molecule has 140 heavy (non-hydrogen) atoms. The van der Waals surface area contributed by atoms with Gasteiger partial charge in [0, 0.05) is 174 Å². The summed E-state index contributed by atoms with van der Waals surface area (Å²) in [7, 11) is 0. The predicted octanol–water partition coefficient (Wildman–Crippen LogP) is 35.0. The Morgan fingerprint density at radius 2 is 0.371 bits per heavy atom. The lowest BCUT2D eigenvalue weighted by molar-refractivity contribution is 1.18. The number of fused-ring (bicyclic) bond motifs is 40. The molecule has 0 saturated carbocycles. The highest BCUT2D eigenvalue weighted by Gasteiger charge is 2.39. The van der Waals surface area contributed by atoms with Crippen LogP contribution in [0.5, 0.6) is 0 Å². The molecule has 12 heterocycles. The molecule has 22 aromatic carbocycles. The van der Waals surface area contributed by atoms with E-state index in [1.54, 1.807) is 0 Å². The van der Waals surface area contributed by atoms with Crippen molar-refractivity contribution in [1.82, 2.24) is 35.9 Å². The lowest BCUT2D eigenvalue weighted by Crippen LogP contribution is -1.96. The summed E-state index contributed by atoms with van der Waals surface area (Å²) in [5.41, 5.74) is 39.8. The zero-order valence-corrected chi connectivity index (χ0v) is 75.3. The van der Waals surface area contributed by atoms with E-state index >= 15 is 0 Å². The third-order valence-electron chi connectivity index (χ3n) is 32.0. The normalized spacial score (nSPS) is 12.7. The molecule has 8 nitrogen and oxygen atoms in total. The van der Waals surface area contributed by atoms with E-state index in [1.165, 1.54) is 245 Å². The molecule has 0 radical (unpaired) electrons. The molecule has 642 valence electrons. The van der Waals surface area contributed by atoms with Gasteiger partial charge >= 0.3 is 0 Å². The Hall–Kier alpha value is -18.8. The molecule has 0 N–H and O–H groups in total. The zero-order chi connectivity index (χ0) is 90.4. The predicted molar refractivity (Wildman–Crippen MR) is 590 cm³/mol. The van der Waals surface area contributed by atoms with E-state index in [9.17, 15) is 0 Å². The SMILES string of the molecule is c1ccc(-c2c3c4c5c6ccccc6n(-c6cccc(-c7cccc8c7c7cc9c%10ccccc%10n(-c%10ccccc%10)c9c9c%10c(-c%11ccccc%11)c%11c(c(-c%12ccccc%12)c%10n8c79)c7c8c(cc9c%10ccccc%10n%11c97)c7ccccc7n8-c7ccccc7)c6)c5cc5c6ccccc6n(c3c(-c3ccccc3)c3c6c7c8ccccc8n(-c8ccccc8)c7cc7c8ccccc8n(c23)c76)c54)cc1. The lowest BCUT2D eigenvalue weighted by Gasteiger charge is -2.17. The van der Waals surface area contributed by atoms with Gasteiger partial charge in [-0.25, -0.2) is 0 Å². The fourth-order valence-corrected chi connectivity index (χ4v) is 27.0. The molecule has 0 spiro atoms. The summed E-state index contributed by atoms with van der Waals surface area (Å²) in [6.07, 6.45) is 0. The van der Waals surface area contributed by atoms with Crippen LogP contribution in [0.2, 0.25) is 0 Å². The second-order valence-electron chi connectivity index (χ2n) is 38.6. The molecule has 34 aromatic rings. The molecule has 0 aliphatic heterocycles. The number of para-hydroxylation sites is 10. The van der Waals surface area contributed by atoms with Crippen LogP contribution in [0.1, 0.15) is 0 Å². The first-order valence-corrected chi connectivity index (χ1v) is 48.7. The third kappa shape index (κ3) is 9.01. The third-order valence-corrected chi connectivity index (χ3v) is 32.0. The van der Waals surface area contributed by atoms with Crippen LogP contribution in [0.3, 0.4) is 0 Å². The van der Waals surface area contributed by atoms with Crippen LogP contribution >= 0.6 is 0 Å². The van der Waals surface area contributed by atoms with E-state index in [4.69, 9.17) is 0 Å². The van der Waals surface area contributed by atoms with Crippen LogP contribution in [-0.2, 0) is 0 Å². The monoisotopic (exact) mass is 1770 g/mol. The molecular formula is C132H74N8. The summed E-state index contributed by atoms with van der Waals surface area (Å²) in [6.45, 7) is 0. The average molecular weight is 1770 g/mol. The Morgan fingerprint density at radius 1 is 0.114 bits per heavy atom. The van der Waals surface area contributed by atoms with Gasteiger partial charge in [-0.1, -0.05) is 328 Å². The first-order chi connectivity index (χ1) is 69.6. The quantitative estimate of drug-likeness (QED) is 0.138. The molecule has 12 aromatic heterocycles. The summed E-state index contributed by atoms with van der Waals surface area (Å²) in [5, 5.41) is 29.3. The van der Waals surface area contributed by atoms with Crippen molar-refractivity contribution >= 4 is 240 Å². The number of aromatic nitrogens is 8. The van der Waals surface area contributed by atoms with E-state index in [1.807, 2.05) is 0 Å². The van der Waals surface area contributed by atoms with Gasteiger partial charge in [-0.05, 0) is 155 Å². The largest absolute Gasteiger partial charge is 0.309 e. The van der Waals surface area contributed by atoms with Crippen molar-refractivity contribution in [2.24, 2.45) is 0 Å². The van der Waals surface area contributed by atoms with Crippen molar-refractivity contribution < 1.29 is 0 Å². The standard InChI is InChI=1S/C132H74N8/c1-8-38-75(39-9-1)108-115-119-113-90-59-27-34-67-103(90)133(80-47-16-5-17-48-80)106(113)73-95-88-57-25-32-65-101(88)137(123(95)119)129(115)109(76-40-10-2-11-41-76)116-120-114-91-60-28-35-68-104(91)134(107(114)74-96-89-58-26-33-66-102(89)138(124(96)120)130(108)116)83-53-36-46-79(70-83)84-61-37-69-105-112(84)97-72-94-86-55-23-30-63-99(86)136(82-51-20-7-21-52-82)126(94)122-118-110(77-42-12-3-13-43-77)131-117(111(78-44-14-4-15-45-78)132(118)140(105)128(97)122)121-125-92(71-93-87-56-24-31-64-100(87)139(131)127(93)121)85-54-22-29-62-98(85)135(125)81-49-18-6-19-50-81/h1-74H. The Morgan fingerprint density at radius 3 is 0.771 bits per heavy atom. The van der Waals surface area contributed by atoms with Crippen LogP contribution in [0.25, 0.3) is 318 Å². The van der Waals surface area contributed by atoms with Gasteiger partial charge in [0.05, 0.1) is 110 Å². The first-order valence-electron chi connectivity index (χ1n) is 48.7. The summed E-state index contributed by atoms with van der Waals surface area (Å²) < 4.78 is 21.2. The van der Waals surface area contributed by atoms with Crippen molar-refractivity contribution in [3.63, 3.8) is 0 Å². The van der Waals surface area contributed by atoms with Gasteiger partial charge in [0.25, 0.3) is 0 Å². The number of hydrogen-bond acceptors (Lipinski definition) is 0. The molecule has 0 amide bonds. The number of rotatable bonds is 9. The minimum Gasteiger partial charge on any atom is -0.309 e. The highest BCUT2D eigenvalue weighted by molar-refractivity contribution is 6.49. The highest BCUT2D eigenvalue weighted by atomic mass is 15.0.